The molecule has 0 spiro atoms. The van der Waals surface area contributed by atoms with Crippen molar-refractivity contribution in [2.75, 3.05) is 19.9 Å². The molecule has 1 unspecified atom stereocenters. The lowest BCUT2D eigenvalue weighted by Crippen LogP contribution is -2.40. The van der Waals surface area contributed by atoms with Gasteiger partial charge in [-0.25, -0.2) is 4.79 Å². The van der Waals surface area contributed by atoms with E-state index in [1.165, 1.54) is 15.4 Å². The van der Waals surface area contributed by atoms with Crippen molar-refractivity contribution in [1.29, 1.82) is 5.26 Å². The van der Waals surface area contributed by atoms with E-state index in [0.717, 1.165) is 0 Å². The summed E-state index contributed by atoms with van der Waals surface area (Å²) in [7, 11) is 0.307. The molecule has 160 valence electrons. The highest BCUT2D eigenvalue weighted by Gasteiger charge is 2.61. The lowest BCUT2D eigenvalue weighted by atomic mass is 10.0. The Hall–Kier alpha value is -2.42. The predicted molar refractivity (Wildman–Crippen MR) is 103 cm³/mol. The van der Waals surface area contributed by atoms with Gasteiger partial charge >= 0.3 is 5.69 Å². The minimum atomic E-state index is -1.36. The molecule has 2 aliphatic rings. The number of aryl methyl sites for hydroxylation is 1. The van der Waals surface area contributed by atoms with E-state index >= 15 is 0 Å². The second-order valence-corrected chi connectivity index (χ2v) is 8.39. The van der Waals surface area contributed by atoms with Crippen LogP contribution in [0.15, 0.2) is 22.0 Å². The van der Waals surface area contributed by atoms with Gasteiger partial charge in [0.15, 0.2) is 14.6 Å². The lowest BCUT2D eigenvalue weighted by molar-refractivity contribution is -0.167. The summed E-state index contributed by atoms with van der Waals surface area (Å²) in [5.41, 5.74) is -1.91. The zero-order valence-corrected chi connectivity index (χ0v) is 17.2. The molecule has 2 bridgehead atoms. The highest BCUT2D eigenvalue weighted by Crippen LogP contribution is 2.51. The van der Waals surface area contributed by atoms with Crippen molar-refractivity contribution < 1.29 is 19.9 Å². The first kappa shape index (κ1) is 19.5. The van der Waals surface area contributed by atoms with Crippen LogP contribution in [0.2, 0.25) is 0 Å². The van der Waals surface area contributed by atoms with Crippen molar-refractivity contribution in [2.24, 2.45) is 7.05 Å². The van der Waals surface area contributed by atoms with E-state index in [9.17, 15) is 9.59 Å². The number of nitriles is 1. The summed E-state index contributed by atoms with van der Waals surface area (Å²) in [5.74, 6) is 0. The molecule has 5 atom stereocenters. The van der Waals surface area contributed by atoms with Gasteiger partial charge in [-0.2, -0.15) is 5.26 Å². The third kappa shape index (κ3) is 3.71. The lowest BCUT2D eigenvalue weighted by Gasteiger charge is -2.28. The number of fused-ring (bicyclic) bond motifs is 2. The van der Waals surface area contributed by atoms with E-state index in [2.05, 4.69) is 15.3 Å². The summed E-state index contributed by atoms with van der Waals surface area (Å²) in [6.07, 6.45) is 0.901. The van der Waals surface area contributed by atoms with Crippen LogP contribution < -0.4 is 11.2 Å². The van der Waals surface area contributed by atoms with Crippen molar-refractivity contribution >= 4 is 8.38 Å². The Morgan fingerprint density at radius 3 is 3.07 bits per heavy atom. The van der Waals surface area contributed by atoms with Gasteiger partial charge in [-0.1, -0.05) is 5.21 Å². The van der Waals surface area contributed by atoms with Gasteiger partial charge in [-0.3, -0.25) is 19.0 Å². The normalized spacial score (nSPS) is 29.0. The largest absolute Gasteiger partial charge is 0.368 e. The highest BCUT2D eigenvalue weighted by atomic mass is 31.2. The molecular weight excluding hydrogens is 415 g/mol. The molecule has 4 heterocycles. The first-order valence-electron chi connectivity index (χ1n) is 9.80. The van der Waals surface area contributed by atoms with Gasteiger partial charge in [0.2, 0.25) is 0 Å². The molecule has 0 saturated carbocycles. The van der Waals surface area contributed by atoms with Gasteiger partial charge in [-0.05, 0) is 6.90 Å². The number of nitrogens with zero attached hydrogens (tertiary/aromatic N) is 5. The van der Waals surface area contributed by atoms with Gasteiger partial charge in [0, 0.05) is 21.3 Å². The summed E-state index contributed by atoms with van der Waals surface area (Å²) in [6, 6.07) is 2.00. The fourth-order valence-corrected chi connectivity index (χ4v) is 4.50. The molecule has 2 fully saturated rings. The molecule has 0 radical (unpaired) electrons. The molecule has 0 aromatic carbocycles. The average molecular weight is 437 g/mol. The molecule has 2 aliphatic heterocycles. The van der Waals surface area contributed by atoms with Crippen molar-refractivity contribution in [2.45, 2.75) is 37.4 Å². The Morgan fingerprint density at radius 1 is 1.53 bits per heavy atom. The standard InChI is InChI=1S/C17H21N6O6P/c1-17-9-26-12(13(17)29-30(3)27-6-4-5-18)15(28-17)23-7-10(14(24)19-16(23)25)11-8-22(2)21-20-11/h7-8,12-13,15H,4,6,9H2,1-3H3,(H,19,24,25)/t12-,13+,15-,17+,30?/m1/s1/i1D. The van der Waals surface area contributed by atoms with Crippen LogP contribution in [0.4, 0.5) is 0 Å². The first-order chi connectivity index (χ1) is 14.9. The van der Waals surface area contributed by atoms with Gasteiger partial charge in [0.1, 0.15) is 23.5 Å². The summed E-state index contributed by atoms with van der Waals surface area (Å²) >= 11 is 0. The summed E-state index contributed by atoms with van der Waals surface area (Å²) in [6.45, 7) is 1.96. The number of nitrogens with one attached hydrogen (secondary N) is 1. The molecule has 13 heteroatoms. The molecule has 0 aliphatic carbocycles. The van der Waals surface area contributed by atoms with E-state index < -0.39 is 43.7 Å². The van der Waals surface area contributed by atoms with E-state index in [0.29, 0.717) is 5.69 Å². The van der Waals surface area contributed by atoms with Gasteiger partial charge in [-0.15, -0.1) is 5.10 Å². The predicted octanol–water partition coefficient (Wildman–Crippen LogP) is 0.276. The molecule has 2 aromatic rings. The SMILES string of the molecule is [2H]C[C@@]12CO[C@@H]([C@H](n3cc(-c4cn(C)nn4)c(=O)[nH]c3=O)O1)[C@@H]2OP(C)OCCC#N. The van der Waals surface area contributed by atoms with Crippen LogP contribution in [0.1, 0.15) is 20.9 Å². The number of ether oxygens (including phenoxy) is 2. The van der Waals surface area contributed by atoms with Crippen LogP contribution in [0.5, 0.6) is 0 Å². The Morgan fingerprint density at radius 2 is 2.37 bits per heavy atom. The number of aromatic amines is 1. The molecule has 12 nitrogen and oxygen atoms in total. The minimum Gasteiger partial charge on any atom is -0.368 e. The van der Waals surface area contributed by atoms with E-state index in [1.807, 2.05) is 6.07 Å². The fourth-order valence-electron chi connectivity index (χ4n) is 3.46. The van der Waals surface area contributed by atoms with Crippen molar-refractivity contribution in [3.8, 4) is 17.3 Å². The number of rotatable bonds is 7. The Labute approximate surface area is 173 Å². The molecule has 4 rings (SSSR count). The van der Waals surface area contributed by atoms with Crippen LogP contribution in [0, 0.1) is 11.3 Å². The molecule has 0 amide bonds. The number of H-pyrrole nitrogens is 1. The number of hydrogen-bond acceptors (Lipinski definition) is 9. The van der Waals surface area contributed by atoms with Gasteiger partial charge in [0.05, 0.1) is 37.5 Å². The zero-order valence-electron chi connectivity index (χ0n) is 17.3. The van der Waals surface area contributed by atoms with Crippen LogP contribution in [-0.4, -0.2) is 62.2 Å². The maximum atomic E-state index is 12.6. The average Bonchev–Trinajstić information content (AvgIpc) is 3.40. The highest BCUT2D eigenvalue weighted by molar-refractivity contribution is 7.46. The first-order valence-corrected chi connectivity index (χ1v) is 10.7. The summed E-state index contributed by atoms with van der Waals surface area (Å²) < 4.78 is 34.2. The van der Waals surface area contributed by atoms with Crippen molar-refractivity contribution in [3.05, 3.63) is 33.2 Å². The molecular formula is C17H21N6O6P. The second-order valence-electron chi connectivity index (χ2n) is 7.04. The van der Waals surface area contributed by atoms with Crippen LogP contribution in [0.3, 0.4) is 0 Å². The second kappa shape index (κ2) is 8.02. The van der Waals surface area contributed by atoms with Gasteiger partial charge < -0.3 is 18.5 Å². The molecule has 2 aromatic heterocycles. The van der Waals surface area contributed by atoms with E-state index in [1.54, 1.807) is 19.9 Å². The van der Waals surface area contributed by atoms with Crippen LogP contribution >= 0.6 is 8.38 Å². The third-order valence-corrected chi connectivity index (χ3v) is 5.91. The summed E-state index contributed by atoms with van der Waals surface area (Å²) in [5, 5.41) is 16.4. The Bertz CT molecular complexity index is 1110. The molecule has 2 saturated heterocycles. The van der Waals surface area contributed by atoms with Crippen LogP contribution in [-0.2, 0) is 25.6 Å². The quantitative estimate of drug-likeness (QED) is 0.476. The Balaban J connectivity index is 1.63. The number of hydrogen-bond donors (Lipinski definition) is 1. The van der Waals surface area contributed by atoms with Crippen LogP contribution in [0.25, 0.3) is 11.3 Å². The summed E-state index contributed by atoms with van der Waals surface area (Å²) in [4.78, 5) is 27.2. The van der Waals surface area contributed by atoms with E-state index in [4.69, 9.17) is 25.2 Å². The maximum Gasteiger partial charge on any atom is 0.330 e. The molecule has 1 N–H and O–H groups in total. The molecule has 30 heavy (non-hydrogen) atoms. The zero-order chi connectivity index (χ0) is 22.2. The smallest absolute Gasteiger partial charge is 0.330 e. The Kier molecular flexibility index (Phi) is 5.22. The minimum absolute atomic E-state index is 0.138. The third-order valence-electron chi connectivity index (χ3n) is 4.84. The monoisotopic (exact) mass is 437 g/mol. The number of aromatic nitrogens is 5. The fraction of sp³-hybridized carbons (Fsp3) is 0.588. The van der Waals surface area contributed by atoms with Gasteiger partial charge in [0.25, 0.3) is 5.56 Å². The van der Waals surface area contributed by atoms with Crippen molar-refractivity contribution in [3.63, 3.8) is 0 Å². The maximum absolute atomic E-state index is 12.6. The van der Waals surface area contributed by atoms with Crippen molar-refractivity contribution in [1.82, 2.24) is 24.5 Å². The van der Waals surface area contributed by atoms with E-state index in [-0.39, 0.29) is 32.1 Å². The topological polar surface area (TPSA) is 146 Å².